The maximum absolute atomic E-state index is 13.8. The molecule has 2 aromatic rings. The molecule has 2 heterocycles. The first-order valence-electron chi connectivity index (χ1n) is 27.3. The van der Waals surface area contributed by atoms with Gasteiger partial charge in [-0.2, -0.15) is 8.42 Å². The van der Waals surface area contributed by atoms with Crippen molar-refractivity contribution in [3.05, 3.63) is 76.3 Å². The second-order valence-electron chi connectivity index (χ2n) is 21.4. The number of aliphatic carboxylic acids is 1. The topological polar surface area (TPSA) is 361 Å². The van der Waals surface area contributed by atoms with Gasteiger partial charge in [0.1, 0.15) is 36.1 Å². The molecule has 0 radical (unpaired) electrons. The van der Waals surface area contributed by atoms with Crippen LogP contribution in [0.4, 0.5) is 0 Å². The molecule has 0 unspecified atom stereocenters. The van der Waals surface area contributed by atoms with Crippen LogP contribution in [-0.4, -0.2) is 158 Å². The molecule has 25 nitrogen and oxygen atoms in total. The van der Waals surface area contributed by atoms with E-state index in [0.717, 1.165) is 10.5 Å². The highest BCUT2D eigenvalue weighted by atomic mass is 35.5. The number of nitrogens with one attached hydrogen (secondary N) is 6. The maximum Gasteiger partial charge on any atom is 0.347 e. The lowest BCUT2D eigenvalue weighted by Gasteiger charge is -2.29. The Labute approximate surface area is 488 Å². The summed E-state index contributed by atoms with van der Waals surface area (Å²) in [6.45, 7) is 10.6. The lowest BCUT2D eigenvalue weighted by atomic mass is 9.93. The summed E-state index contributed by atoms with van der Waals surface area (Å²) >= 11 is 6.36. The van der Waals surface area contributed by atoms with Crippen molar-refractivity contribution < 1.29 is 85.0 Å². The smallest absolute Gasteiger partial charge is 0.347 e. The van der Waals surface area contributed by atoms with E-state index < -0.39 is 148 Å². The van der Waals surface area contributed by atoms with Crippen LogP contribution < -0.4 is 36.6 Å². The summed E-state index contributed by atoms with van der Waals surface area (Å²) in [5.41, 5.74) is 0.832. The number of halogens is 1. The number of benzene rings is 2. The van der Waals surface area contributed by atoms with Crippen molar-refractivity contribution in [3.63, 3.8) is 0 Å². The molecular formula is C56H78ClN7O18S. The Hall–Kier alpha value is -7.16. The van der Waals surface area contributed by atoms with Gasteiger partial charge in [0.15, 0.2) is 6.10 Å². The van der Waals surface area contributed by atoms with Crippen molar-refractivity contribution in [2.75, 3.05) is 39.0 Å². The number of nitrogens with zero attached hydrogens (tertiary/aromatic N) is 1. The zero-order valence-corrected chi connectivity index (χ0v) is 49.5. The van der Waals surface area contributed by atoms with Crippen molar-refractivity contribution in [2.24, 2.45) is 17.3 Å². The monoisotopic (exact) mass is 1200 g/mol. The molecule has 0 aromatic heterocycles. The van der Waals surface area contributed by atoms with Gasteiger partial charge in [0.05, 0.1) is 35.8 Å². The van der Waals surface area contributed by atoms with E-state index in [2.05, 4.69) is 31.9 Å². The number of carbonyl (C=O) groups excluding carboxylic acids is 9. The van der Waals surface area contributed by atoms with Crippen molar-refractivity contribution in [1.82, 2.24) is 36.8 Å². The van der Waals surface area contributed by atoms with Gasteiger partial charge in [-0.3, -0.25) is 47.7 Å². The number of amides is 7. The molecule has 2 aromatic carbocycles. The average Bonchev–Trinajstić information content (AvgIpc) is 3.40. The second-order valence-corrected chi connectivity index (χ2v) is 23.4. The van der Waals surface area contributed by atoms with E-state index in [1.54, 1.807) is 58.0 Å². The highest BCUT2D eigenvalue weighted by Gasteiger charge is 2.48. The van der Waals surface area contributed by atoms with Crippen molar-refractivity contribution in [2.45, 2.75) is 149 Å². The number of ether oxygens (including phenoxy) is 4. The van der Waals surface area contributed by atoms with Crippen LogP contribution in [-0.2, 0) is 85.2 Å². The third-order valence-corrected chi connectivity index (χ3v) is 14.8. The summed E-state index contributed by atoms with van der Waals surface area (Å²) in [6, 6.07) is 8.97. The van der Waals surface area contributed by atoms with Crippen molar-refractivity contribution >= 4 is 81.0 Å². The van der Waals surface area contributed by atoms with E-state index in [1.165, 1.54) is 26.2 Å². The average molecular weight is 1200 g/mol. The molecule has 0 bridgehead atoms. The van der Waals surface area contributed by atoms with Crippen LogP contribution in [0.5, 0.6) is 5.75 Å². The van der Waals surface area contributed by atoms with Crippen LogP contribution >= 0.6 is 11.6 Å². The predicted molar refractivity (Wildman–Crippen MR) is 300 cm³/mol. The van der Waals surface area contributed by atoms with Gasteiger partial charge in [0, 0.05) is 70.7 Å². The predicted octanol–water partition coefficient (Wildman–Crippen LogP) is 2.62. The first kappa shape index (κ1) is 68.3. The third kappa shape index (κ3) is 22.8. The summed E-state index contributed by atoms with van der Waals surface area (Å²) in [7, 11) is -2.85. The molecule has 4 rings (SSSR count). The van der Waals surface area contributed by atoms with Crippen LogP contribution in [0.25, 0.3) is 0 Å². The van der Waals surface area contributed by atoms with E-state index >= 15 is 0 Å². The van der Waals surface area contributed by atoms with E-state index in [1.807, 2.05) is 26.0 Å². The molecule has 7 amide bonds. The van der Waals surface area contributed by atoms with E-state index in [0.29, 0.717) is 28.3 Å². The minimum Gasteiger partial charge on any atom is -0.495 e. The number of hydrogen-bond acceptors (Lipinski definition) is 16. The summed E-state index contributed by atoms with van der Waals surface area (Å²) in [6.07, 6.45) is -0.984. The number of carboxylic acid groups (broad SMARTS) is 1. The molecule has 8 atom stereocenters. The van der Waals surface area contributed by atoms with Crippen molar-refractivity contribution in [1.29, 1.82) is 0 Å². The SMILES string of the molecule is CCC[C@@H]1OC(=O)C(C)(C)CNC(=O)[C@@H](Cc2ccc(OC)c(Cl)c2)NC(=O)/C=C/C[C@@H]([C@H](C)[C@H]2O[C@@H]2c2ccc(CNC(=O)[C@H](C)NC(=O)[C@@H](NC(=O)CCN(CCC(=O)O)C(=O)CCC(=O)NCCS(=O)(=O)O)C(C)C)cc2)OC1=O. The molecule has 1 fully saturated rings. The fourth-order valence-electron chi connectivity index (χ4n) is 8.62. The number of esters is 2. The Morgan fingerprint density at radius 2 is 1.55 bits per heavy atom. The van der Waals surface area contributed by atoms with Crippen LogP contribution in [0, 0.1) is 17.3 Å². The minimum absolute atomic E-state index is 0.0538. The fraction of sp³-hybridized carbons (Fsp3) is 0.571. The summed E-state index contributed by atoms with van der Waals surface area (Å²) in [4.78, 5) is 132. The van der Waals surface area contributed by atoms with Crippen LogP contribution in [0.3, 0.4) is 0 Å². The first-order chi connectivity index (χ1) is 39.0. The molecule has 2 aliphatic rings. The van der Waals surface area contributed by atoms with Crippen LogP contribution in [0.2, 0.25) is 5.02 Å². The Morgan fingerprint density at radius 3 is 2.18 bits per heavy atom. The van der Waals surface area contributed by atoms with Crippen LogP contribution in [0.1, 0.15) is 116 Å². The molecule has 0 aliphatic carbocycles. The molecule has 1 saturated heterocycles. The number of carboxylic acids is 1. The first-order valence-corrected chi connectivity index (χ1v) is 29.3. The Kier molecular flexibility index (Phi) is 26.4. The summed E-state index contributed by atoms with van der Waals surface area (Å²) < 4.78 is 53.9. The van der Waals surface area contributed by atoms with Gasteiger partial charge in [-0.25, -0.2) is 4.79 Å². The largest absolute Gasteiger partial charge is 0.495 e. The lowest BCUT2D eigenvalue weighted by Crippen LogP contribution is -2.54. The van der Waals surface area contributed by atoms with Gasteiger partial charge in [-0.05, 0) is 68.0 Å². The van der Waals surface area contributed by atoms with Gasteiger partial charge in [-0.1, -0.05) is 82.1 Å². The van der Waals surface area contributed by atoms with E-state index in [4.69, 9.17) is 35.1 Å². The molecule has 2 aliphatic heterocycles. The molecule has 0 saturated carbocycles. The van der Waals surface area contributed by atoms with Gasteiger partial charge in [0.2, 0.25) is 41.4 Å². The fourth-order valence-corrected chi connectivity index (χ4v) is 9.26. The van der Waals surface area contributed by atoms with E-state index in [9.17, 15) is 61.5 Å². The van der Waals surface area contributed by atoms with Gasteiger partial charge in [0.25, 0.3) is 10.1 Å². The third-order valence-electron chi connectivity index (χ3n) is 13.7. The lowest BCUT2D eigenvalue weighted by molar-refractivity contribution is -0.178. The minimum atomic E-state index is -4.32. The van der Waals surface area contributed by atoms with Crippen molar-refractivity contribution in [3.8, 4) is 5.75 Å². The summed E-state index contributed by atoms with van der Waals surface area (Å²) in [5, 5.41) is 25.2. The molecule has 83 heavy (non-hydrogen) atoms. The van der Waals surface area contributed by atoms with Gasteiger partial charge < -0.3 is 60.9 Å². The Bertz CT molecular complexity index is 2800. The molecule has 8 N–H and O–H groups in total. The highest BCUT2D eigenvalue weighted by molar-refractivity contribution is 7.85. The molecular weight excluding hydrogens is 1130 g/mol. The normalized spacial score (nSPS) is 20.8. The maximum atomic E-state index is 13.8. The van der Waals surface area contributed by atoms with E-state index in [-0.39, 0.29) is 64.7 Å². The number of carbonyl (C=O) groups is 10. The Morgan fingerprint density at radius 1 is 0.880 bits per heavy atom. The van der Waals surface area contributed by atoms with Gasteiger partial charge in [-0.15, -0.1) is 0 Å². The molecule has 458 valence electrons. The quantitative estimate of drug-likeness (QED) is 0.0362. The summed E-state index contributed by atoms with van der Waals surface area (Å²) in [5.74, 6) is -8.28. The zero-order valence-electron chi connectivity index (χ0n) is 48.0. The highest BCUT2D eigenvalue weighted by Crippen LogP contribution is 2.45. The van der Waals surface area contributed by atoms with Crippen LogP contribution in [0.15, 0.2) is 54.6 Å². The standard InChI is InChI=1S/C56H78ClN7O18S/c1-9-11-42-54(74)80-40(12-10-13-44(66)62-39(29-36-16-19-41(79-8)38(57)28-36)52(72)60-31-56(6,7)55(75)81-42)33(4)49-50(82-49)37-17-14-35(15-18-37)30-59-51(71)34(5)61-53(73)48(32(2)3)63-45(67)22-25-64(26-23-47(69)70)46(68)21-20-43(65)58-24-27-83(76,77)78/h10,13-19,28,32-34,39-40,42,48-50H,9,11-12,20-27,29-31H2,1-8H3,(H,58,65)(H,59,71)(H,60,72)(H,61,73)(H,62,66)(H,63,67)(H,69,70)(H,76,77,78)/b13-10+/t33-,34-,39+,40-,42-,48-,49+,50+/m0/s1. The number of rotatable bonds is 27. The number of methoxy groups -OCH3 is 1. The van der Waals surface area contributed by atoms with Gasteiger partial charge >= 0.3 is 17.9 Å². The molecule has 27 heteroatoms. The molecule has 0 spiro atoms. The number of cyclic esters (lactones) is 2. The number of epoxide rings is 1. The second kappa shape index (κ2) is 32.0. The Balaban J connectivity index is 1.35. The number of hydrogen-bond donors (Lipinski definition) is 8. The zero-order chi connectivity index (χ0) is 61.8.